The summed E-state index contributed by atoms with van der Waals surface area (Å²) in [5.41, 5.74) is 3.09. The lowest BCUT2D eigenvalue weighted by atomic mass is 10.0. The van der Waals surface area contributed by atoms with Crippen LogP contribution in [0.2, 0.25) is 0 Å². The van der Waals surface area contributed by atoms with E-state index in [1.807, 2.05) is 42.5 Å². The molecule has 2 N–H and O–H groups in total. The molecule has 3 aromatic rings. The zero-order chi connectivity index (χ0) is 18.4. The number of aromatic nitrogens is 2. The molecule has 2 aromatic carbocycles. The number of urea groups is 1. The lowest BCUT2D eigenvalue weighted by Crippen LogP contribution is -2.37. The van der Waals surface area contributed by atoms with Crippen LogP contribution in [-0.4, -0.2) is 22.7 Å². The Morgan fingerprint density at radius 2 is 1.81 bits per heavy atom. The Kier molecular flexibility index (Phi) is 5.63. The Morgan fingerprint density at radius 3 is 2.46 bits per heavy atom. The van der Waals surface area contributed by atoms with Crippen LogP contribution in [0.3, 0.4) is 0 Å². The summed E-state index contributed by atoms with van der Waals surface area (Å²) >= 11 is 0. The molecule has 0 saturated heterocycles. The minimum Gasteiger partial charge on any atom is -0.339 e. The fourth-order valence-electron chi connectivity index (χ4n) is 2.58. The molecule has 0 fully saturated rings. The maximum absolute atomic E-state index is 12.0. The third kappa shape index (κ3) is 4.69. The van der Waals surface area contributed by atoms with E-state index in [1.54, 1.807) is 6.92 Å². The van der Waals surface area contributed by atoms with E-state index in [0.29, 0.717) is 24.8 Å². The number of carbonyl (C=O) groups is 1. The second-order valence-corrected chi connectivity index (χ2v) is 6.21. The van der Waals surface area contributed by atoms with Crippen molar-refractivity contribution in [2.24, 2.45) is 0 Å². The number of amides is 2. The monoisotopic (exact) mass is 350 g/mol. The minimum atomic E-state index is -0.175. The predicted octanol–water partition coefficient (Wildman–Crippen LogP) is 3.65. The van der Waals surface area contributed by atoms with Gasteiger partial charge in [-0.15, -0.1) is 0 Å². The van der Waals surface area contributed by atoms with E-state index in [1.165, 1.54) is 5.56 Å². The van der Waals surface area contributed by atoms with Crippen molar-refractivity contribution in [3.63, 3.8) is 0 Å². The lowest BCUT2D eigenvalue weighted by molar-refractivity contribution is 0.240. The summed E-state index contributed by atoms with van der Waals surface area (Å²) in [6.45, 7) is 4.89. The standard InChI is InChI=1S/C20H22N4O2/c1-14(17-6-4-3-5-7-17)12-21-20(25)22-13-16-8-10-18(11-9-16)19-23-15(2)26-24-19/h3-11,14H,12-13H2,1-2H3,(H2,21,22,25)/t14-/m0/s1. The first kappa shape index (κ1) is 17.7. The molecule has 0 aliphatic rings. The largest absolute Gasteiger partial charge is 0.339 e. The Morgan fingerprint density at radius 1 is 1.08 bits per heavy atom. The molecule has 0 aliphatic carbocycles. The van der Waals surface area contributed by atoms with Crippen LogP contribution in [0.5, 0.6) is 0 Å². The number of benzene rings is 2. The van der Waals surface area contributed by atoms with E-state index in [9.17, 15) is 4.79 Å². The van der Waals surface area contributed by atoms with Gasteiger partial charge in [-0.05, 0) is 17.0 Å². The third-order valence-corrected chi connectivity index (χ3v) is 4.13. The van der Waals surface area contributed by atoms with Crippen LogP contribution in [0.15, 0.2) is 59.1 Å². The van der Waals surface area contributed by atoms with Crippen LogP contribution < -0.4 is 10.6 Å². The van der Waals surface area contributed by atoms with E-state index >= 15 is 0 Å². The van der Waals surface area contributed by atoms with Gasteiger partial charge < -0.3 is 15.2 Å². The average molecular weight is 350 g/mol. The number of rotatable bonds is 6. The van der Waals surface area contributed by atoms with Gasteiger partial charge in [0.25, 0.3) is 0 Å². The highest BCUT2D eigenvalue weighted by Gasteiger charge is 2.08. The van der Waals surface area contributed by atoms with E-state index in [0.717, 1.165) is 11.1 Å². The van der Waals surface area contributed by atoms with Gasteiger partial charge in [-0.3, -0.25) is 0 Å². The third-order valence-electron chi connectivity index (χ3n) is 4.13. The number of nitrogens with zero attached hydrogens (tertiary/aromatic N) is 2. The van der Waals surface area contributed by atoms with E-state index in [4.69, 9.17) is 4.52 Å². The predicted molar refractivity (Wildman–Crippen MR) is 99.6 cm³/mol. The first-order valence-corrected chi connectivity index (χ1v) is 8.58. The maximum Gasteiger partial charge on any atom is 0.315 e. The smallest absolute Gasteiger partial charge is 0.315 e. The molecule has 1 atom stereocenters. The minimum absolute atomic E-state index is 0.175. The molecule has 6 nitrogen and oxygen atoms in total. The van der Waals surface area contributed by atoms with Gasteiger partial charge >= 0.3 is 6.03 Å². The highest BCUT2D eigenvalue weighted by atomic mass is 16.5. The topological polar surface area (TPSA) is 80.0 Å². The van der Waals surface area contributed by atoms with Gasteiger partial charge in [-0.25, -0.2) is 4.79 Å². The Bertz CT molecular complexity index is 844. The van der Waals surface area contributed by atoms with Crippen molar-refractivity contribution in [2.75, 3.05) is 6.54 Å². The molecule has 134 valence electrons. The summed E-state index contributed by atoms with van der Waals surface area (Å²) in [6.07, 6.45) is 0. The summed E-state index contributed by atoms with van der Waals surface area (Å²) in [4.78, 5) is 16.2. The van der Waals surface area contributed by atoms with Gasteiger partial charge in [-0.1, -0.05) is 66.7 Å². The first-order valence-electron chi connectivity index (χ1n) is 8.58. The molecule has 0 bridgehead atoms. The van der Waals surface area contributed by atoms with Crippen molar-refractivity contribution in [3.05, 3.63) is 71.6 Å². The number of aryl methyl sites for hydroxylation is 1. The highest BCUT2D eigenvalue weighted by molar-refractivity contribution is 5.73. The number of nitrogens with one attached hydrogen (secondary N) is 2. The Balaban J connectivity index is 1.45. The second-order valence-electron chi connectivity index (χ2n) is 6.21. The van der Waals surface area contributed by atoms with Crippen molar-refractivity contribution < 1.29 is 9.32 Å². The highest BCUT2D eigenvalue weighted by Crippen LogP contribution is 2.16. The van der Waals surface area contributed by atoms with Crippen LogP contribution in [0.25, 0.3) is 11.4 Å². The van der Waals surface area contributed by atoms with Gasteiger partial charge in [0.2, 0.25) is 11.7 Å². The molecule has 0 unspecified atom stereocenters. The van der Waals surface area contributed by atoms with Crippen LogP contribution in [0.4, 0.5) is 4.79 Å². The van der Waals surface area contributed by atoms with Gasteiger partial charge in [-0.2, -0.15) is 4.98 Å². The fraction of sp³-hybridized carbons (Fsp3) is 0.250. The van der Waals surface area contributed by atoms with Crippen LogP contribution >= 0.6 is 0 Å². The summed E-state index contributed by atoms with van der Waals surface area (Å²) in [6, 6.07) is 17.7. The molecule has 26 heavy (non-hydrogen) atoms. The zero-order valence-corrected chi connectivity index (χ0v) is 14.9. The van der Waals surface area contributed by atoms with Crippen molar-refractivity contribution in [1.82, 2.24) is 20.8 Å². The Hall–Kier alpha value is -3.15. The molecule has 6 heteroatoms. The molecule has 3 rings (SSSR count). The number of hydrogen-bond acceptors (Lipinski definition) is 4. The molecule has 1 aromatic heterocycles. The second kappa shape index (κ2) is 8.29. The van der Waals surface area contributed by atoms with Gasteiger partial charge in [0.05, 0.1) is 0 Å². The van der Waals surface area contributed by atoms with Crippen molar-refractivity contribution in [2.45, 2.75) is 26.3 Å². The van der Waals surface area contributed by atoms with Crippen LogP contribution in [-0.2, 0) is 6.54 Å². The Labute approximate surface area is 152 Å². The van der Waals surface area contributed by atoms with Gasteiger partial charge in [0.1, 0.15) is 0 Å². The molecule has 0 aliphatic heterocycles. The maximum atomic E-state index is 12.0. The van der Waals surface area contributed by atoms with Crippen molar-refractivity contribution >= 4 is 6.03 Å². The zero-order valence-electron chi connectivity index (χ0n) is 14.9. The molecule has 1 heterocycles. The molecule has 0 radical (unpaired) electrons. The quantitative estimate of drug-likeness (QED) is 0.711. The van der Waals surface area contributed by atoms with Gasteiger partial charge in [0, 0.05) is 25.6 Å². The van der Waals surface area contributed by atoms with E-state index in [2.05, 4.69) is 39.8 Å². The van der Waals surface area contributed by atoms with E-state index < -0.39 is 0 Å². The molecule has 2 amide bonds. The summed E-state index contributed by atoms with van der Waals surface area (Å²) in [7, 11) is 0. The van der Waals surface area contributed by atoms with Crippen molar-refractivity contribution in [3.8, 4) is 11.4 Å². The average Bonchev–Trinajstić information content (AvgIpc) is 3.12. The van der Waals surface area contributed by atoms with Gasteiger partial charge in [0.15, 0.2) is 0 Å². The normalized spacial score (nSPS) is 11.8. The molecular formula is C20H22N4O2. The van der Waals surface area contributed by atoms with Crippen LogP contribution in [0, 0.1) is 6.92 Å². The summed E-state index contributed by atoms with van der Waals surface area (Å²) < 4.78 is 4.98. The fourth-order valence-corrected chi connectivity index (χ4v) is 2.58. The lowest BCUT2D eigenvalue weighted by Gasteiger charge is -2.13. The molecular weight excluding hydrogens is 328 g/mol. The SMILES string of the molecule is Cc1nc(-c2ccc(CNC(=O)NC[C@H](C)c3ccccc3)cc2)no1. The number of hydrogen-bond donors (Lipinski definition) is 2. The van der Waals surface area contributed by atoms with Crippen molar-refractivity contribution in [1.29, 1.82) is 0 Å². The summed E-state index contributed by atoms with van der Waals surface area (Å²) in [5.74, 6) is 1.36. The molecule has 0 saturated carbocycles. The number of carbonyl (C=O) groups excluding carboxylic acids is 1. The first-order chi connectivity index (χ1) is 12.6. The van der Waals surface area contributed by atoms with E-state index in [-0.39, 0.29) is 11.9 Å². The molecule has 0 spiro atoms. The summed E-state index contributed by atoms with van der Waals surface area (Å²) in [5, 5.41) is 9.67. The van der Waals surface area contributed by atoms with Crippen LogP contribution in [0.1, 0.15) is 29.9 Å².